The smallest absolute Gasteiger partial charge is 0.325 e. The molecule has 2 aromatic carbocycles. The Labute approximate surface area is 169 Å². The van der Waals surface area contributed by atoms with Crippen molar-refractivity contribution in [1.29, 1.82) is 5.26 Å². The number of urea groups is 1. The highest BCUT2D eigenvalue weighted by molar-refractivity contribution is 7.13. The maximum Gasteiger partial charge on any atom is 0.325 e. The number of anilines is 2. The molecule has 0 bridgehead atoms. The SMILES string of the molecule is N#Cc1cc2c(Oc3ccc(NC(=O)Nc4nccs4)cc3)ccnc2cc1O. The number of amides is 2. The molecule has 0 saturated carbocycles. The summed E-state index contributed by atoms with van der Waals surface area (Å²) in [6.45, 7) is 0. The normalized spacial score (nSPS) is 10.3. The lowest BCUT2D eigenvalue weighted by atomic mass is 10.1. The fraction of sp³-hybridized carbons (Fsp3) is 0. The maximum atomic E-state index is 11.9. The van der Waals surface area contributed by atoms with Crippen molar-refractivity contribution in [2.45, 2.75) is 0 Å². The van der Waals surface area contributed by atoms with Crippen molar-refractivity contribution in [3.8, 4) is 23.3 Å². The van der Waals surface area contributed by atoms with Gasteiger partial charge in [-0.05, 0) is 36.4 Å². The number of hydrogen-bond donors (Lipinski definition) is 3. The summed E-state index contributed by atoms with van der Waals surface area (Å²) in [5.74, 6) is 0.903. The highest BCUT2D eigenvalue weighted by atomic mass is 32.1. The number of thiazole rings is 1. The Morgan fingerprint density at radius 2 is 1.93 bits per heavy atom. The van der Waals surface area contributed by atoms with Gasteiger partial charge in [0.15, 0.2) is 5.13 Å². The van der Waals surface area contributed by atoms with Gasteiger partial charge in [-0.15, -0.1) is 11.3 Å². The van der Waals surface area contributed by atoms with E-state index in [4.69, 9.17) is 10.00 Å². The van der Waals surface area contributed by atoms with Crippen LogP contribution in [-0.4, -0.2) is 21.1 Å². The summed E-state index contributed by atoms with van der Waals surface area (Å²) in [5.41, 5.74) is 1.24. The van der Waals surface area contributed by atoms with Crippen molar-refractivity contribution in [3.63, 3.8) is 0 Å². The molecule has 0 spiro atoms. The van der Waals surface area contributed by atoms with E-state index in [2.05, 4.69) is 20.6 Å². The summed E-state index contributed by atoms with van der Waals surface area (Å²) in [6, 6.07) is 13.0. The molecule has 2 heterocycles. The van der Waals surface area contributed by atoms with E-state index in [1.54, 1.807) is 48.1 Å². The molecule has 3 N–H and O–H groups in total. The first-order valence-corrected chi connectivity index (χ1v) is 9.27. The number of carbonyl (C=O) groups excluding carboxylic acids is 1. The van der Waals surface area contributed by atoms with E-state index in [9.17, 15) is 9.90 Å². The first-order valence-electron chi connectivity index (χ1n) is 8.39. The quantitative estimate of drug-likeness (QED) is 0.454. The Bertz CT molecular complexity index is 1220. The Balaban J connectivity index is 1.50. The van der Waals surface area contributed by atoms with Crippen LogP contribution in [-0.2, 0) is 0 Å². The number of pyridine rings is 1. The van der Waals surface area contributed by atoms with Crippen molar-refractivity contribution in [2.75, 3.05) is 10.6 Å². The molecule has 4 rings (SSSR count). The summed E-state index contributed by atoms with van der Waals surface area (Å²) in [4.78, 5) is 20.1. The molecule has 2 amide bonds. The molecular weight excluding hydrogens is 390 g/mol. The van der Waals surface area contributed by atoms with Gasteiger partial charge in [0.2, 0.25) is 0 Å². The van der Waals surface area contributed by atoms with Gasteiger partial charge in [-0.2, -0.15) is 5.26 Å². The minimum absolute atomic E-state index is 0.129. The molecule has 9 heteroatoms. The van der Waals surface area contributed by atoms with Crippen LogP contribution in [0, 0.1) is 11.3 Å². The molecule has 29 heavy (non-hydrogen) atoms. The second kappa shape index (κ2) is 7.84. The standard InChI is InChI=1S/C20H13N5O3S/c21-11-12-9-15-16(10-17(12)26)22-6-5-18(15)28-14-3-1-13(2-4-14)24-19(27)25-20-23-7-8-29-20/h1-10,26H,(H2,23,24,25,27). The zero-order valence-electron chi connectivity index (χ0n) is 14.8. The lowest BCUT2D eigenvalue weighted by molar-refractivity contribution is 0.262. The Morgan fingerprint density at radius 1 is 1.10 bits per heavy atom. The lowest BCUT2D eigenvalue weighted by Crippen LogP contribution is -2.19. The third-order valence-corrected chi connectivity index (χ3v) is 4.62. The first-order chi connectivity index (χ1) is 14.1. The van der Waals surface area contributed by atoms with E-state index in [1.807, 2.05) is 6.07 Å². The number of phenolic OH excluding ortho intramolecular Hbond substituents is 1. The van der Waals surface area contributed by atoms with Gasteiger partial charge in [0.05, 0.1) is 11.1 Å². The number of nitrogens with zero attached hydrogens (tertiary/aromatic N) is 3. The second-order valence-corrected chi connectivity index (χ2v) is 6.74. The summed E-state index contributed by atoms with van der Waals surface area (Å²) >= 11 is 1.33. The molecule has 0 aliphatic carbocycles. The topological polar surface area (TPSA) is 120 Å². The predicted octanol–water partition coefficient (Wildman–Crippen LogP) is 4.70. The van der Waals surface area contributed by atoms with Crippen LogP contribution in [0.1, 0.15) is 5.56 Å². The van der Waals surface area contributed by atoms with Crippen LogP contribution in [0.5, 0.6) is 17.2 Å². The molecule has 8 nitrogen and oxygen atoms in total. The number of hydrogen-bond acceptors (Lipinski definition) is 7. The third-order valence-electron chi connectivity index (χ3n) is 3.93. The van der Waals surface area contributed by atoms with E-state index in [-0.39, 0.29) is 11.3 Å². The van der Waals surface area contributed by atoms with Gasteiger partial charge >= 0.3 is 6.03 Å². The molecule has 2 aromatic heterocycles. The van der Waals surface area contributed by atoms with Crippen LogP contribution in [0.2, 0.25) is 0 Å². The van der Waals surface area contributed by atoms with Crippen molar-refractivity contribution >= 4 is 39.1 Å². The number of carbonyl (C=O) groups is 1. The van der Waals surface area contributed by atoms with Gasteiger partial charge in [-0.1, -0.05) is 0 Å². The minimum atomic E-state index is -0.391. The van der Waals surface area contributed by atoms with E-state index in [0.29, 0.717) is 33.2 Å². The number of fused-ring (bicyclic) bond motifs is 1. The van der Waals surface area contributed by atoms with Crippen molar-refractivity contribution in [3.05, 3.63) is 65.8 Å². The Kier molecular flexibility index (Phi) is 4.92. The highest BCUT2D eigenvalue weighted by Gasteiger charge is 2.10. The first kappa shape index (κ1) is 18.2. The van der Waals surface area contributed by atoms with Gasteiger partial charge in [-0.3, -0.25) is 10.3 Å². The summed E-state index contributed by atoms with van der Waals surface area (Å²) < 4.78 is 5.91. The number of nitriles is 1. The lowest BCUT2D eigenvalue weighted by Gasteiger charge is -2.10. The highest BCUT2D eigenvalue weighted by Crippen LogP contribution is 2.32. The zero-order chi connectivity index (χ0) is 20.2. The monoisotopic (exact) mass is 403 g/mol. The Hall–Kier alpha value is -4.16. The average Bonchev–Trinajstić information content (AvgIpc) is 3.22. The molecule has 0 fully saturated rings. The predicted molar refractivity (Wildman–Crippen MR) is 109 cm³/mol. The molecule has 142 valence electrons. The zero-order valence-corrected chi connectivity index (χ0v) is 15.6. The number of aromatic hydroxyl groups is 1. The molecule has 4 aromatic rings. The van der Waals surface area contributed by atoms with Crippen LogP contribution >= 0.6 is 11.3 Å². The van der Waals surface area contributed by atoms with E-state index >= 15 is 0 Å². The van der Waals surface area contributed by atoms with Crippen LogP contribution in [0.4, 0.5) is 15.6 Å². The Morgan fingerprint density at radius 3 is 2.66 bits per heavy atom. The summed E-state index contributed by atoms with van der Waals surface area (Å²) in [5, 5.41) is 27.2. The number of ether oxygens (including phenoxy) is 1. The molecule has 0 unspecified atom stereocenters. The third kappa shape index (κ3) is 4.07. The van der Waals surface area contributed by atoms with Crippen molar-refractivity contribution < 1.29 is 14.6 Å². The van der Waals surface area contributed by atoms with Crippen molar-refractivity contribution in [2.24, 2.45) is 0 Å². The number of rotatable bonds is 4. The maximum absolute atomic E-state index is 11.9. The minimum Gasteiger partial charge on any atom is -0.506 e. The number of benzene rings is 2. The molecule has 0 aliphatic heterocycles. The molecule has 0 aliphatic rings. The van der Waals surface area contributed by atoms with Crippen LogP contribution in [0.3, 0.4) is 0 Å². The van der Waals surface area contributed by atoms with E-state index in [0.717, 1.165) is 0 Å². The molecule has 0 atom stereocenters. The van der Waals surface area contributed by atoms with Crippen LogP contribution in [0.15, 0.2) is 60.2 Å². The van der Waals surface area contributed by atoms with Crippen LogP contribution in [0.25, 0.3) is 10.9 Å². The molecule has 0 radical (unpaired) electrons. The van der Waals surface area contributed by atoms with Crippen molar-refractivity contribution in [1.82, 2.24) is 9.97 Å². The molecular formula is C20H13N5O3S. The van der Waals surface area contributed by atoms with E-state index < -0.39 is 6.03 Å². The van der Waals surface area contributed by atoms with E-state index in [1.165, 1.54) is 23.5 Å². The van der Waals surface area contributed by atoms with Gasteiger partial charge in [0.25, 0.3) is 0 Å². The van der Waals surface area contributed by atoms with Gasteiger partial charge in [0.1, 0.15) is 23.3 Å². The number of aromatic nitrogens is 2. The fourth-order valence-corrected chi connectivity index (χ4v) is 3.14. The van der Waals surface area contributed by atoms with Crippen LogP contribution < -0.4 is 15.4 Å². The summed E-state index contributed by atoms with van der Waals surface area (Å²) in [7, 11) is 0. The number of phenols is 1. The largest absolute Gasteiger partial charge is 0.506 e. The average molecular weight is 403 g/mol. The second-order valence-electron chi connectivity index (χ2n) is 5.85. The summed E-state index contributed by atoms with van der Waals surface area (Å²) in [6.07, 6.45) is 3.16. The molecule has 0 saturated heterocycles. The number of nitrogens with one attached hydrogen (secondary N) is 2. The van der Waals surface area contributed by atoms with Gasteiger partial charge in [0, 0.05) is 34.9 Å². The fourth-order valence-electron chi connectivity index (χ4n) is 2.61. The van der Waals surface area contributed by atoms with Gasteiger partial charge < -0.3 is 15.2 Å². The van der Waals surface area contributed by atoms with Gasteiger partial charge in [-0.25, -0.2) is 9.78 Å².